The van der Waals surface area contributed by atoms with E-state index in [9.17, 15) is 8.78 Å². The van der Waals surface area contributed by atoms with Crippen molar-refractivity contribution in [2.24, 2.45) is 0 Å². The van der Waals surface area contributed by atoms with Crippen LogP contribution in [0.25, 0.3) is 11.1 Å². The van der Waals surface area contributed by atoms with Crippen molar-refractivity contribution in [1.82, 2.24) is 0 Å². The number of benzene rings is 2. The van der Waals surface area contributed by atoms with Crippen molar-refractivity contribution >= 4 is 0 Å². The van der Waals surface area contributed by atoms with E-state index in [-0.39, 0.29) is 0 Å². The predicted molar refractivity (Wildman–Crippen MR) is 58.3 cm³/mol. The lowest BCUT2D eigenvalue weighted by molar-refractivity contribution is 0.416. The van der Waals surface area contributed by atoms with Crippen molar-refractivity contribution in [3.05, 3.63) is 54.1 Å². The molecule has 0 unspecified atom stereocenters. The highest BCUT2D eigenvalue weighted by Crippen LogP contribution is 2.31. The fraction of sp³-hybridized carbons (Fsp3) is 0.0769. The van der Waals surface area contributed by atoms with Crippen LogP contribution in [0.4, 0.5) is 8.78 Å². The lowest BCUT2D eigenvalue weighted by Gasteiger charge is -2.08. The van der Waals surface area contributed by atoms with Crippen LogP contribution in [0.2, 0.25) is 0 Å². The summed E-state index contributed by atoms with van der Waals surface area (Å²) in [5, 5.41) is 0. The first-order chi connectivity index (χ1) is 7.72. The van der Waals surface area contributed by atoms with E-state index in [1.807, 2.05) is 0 Å². The van der Waals surface area contributed by atoms with Gasteiger partial charge in [0.2, 0.25) is 0 Å². The first-order valence-corrected chi connectivity index (χ1v) is 4.81. The summed E-state index contributed by atoms with van der Waals surface area (Å²) in [5.41, 5.74) is 0.946. The Hall–Kier alpha value is -1.90. The second-order valence-electron chi connectivity index (χ2n) is 3.32. The molecular weight excluding hydrogens is 210 g/mol. The standard InChI is InChI=1S/C13H10F2O/c1-16-13-5-3-2-4-11(13)10-7-6-9(14)8-12(10)15/h2-8H,1H3. The third-order valence-electron chi connectivity index (χ3n) is 2.33. The Bertz CT molecular complexity index is 509. The molecule has 3 heteroatoms. The summed E-state index contributed by atoms with van der Waals surface area (Å²) in [6.45, 7) is 0. The molecule has 0 heterocycles. The van der Waals surface area contributed by atoms with E-state index in [1.165, 1.54) is 19.2 Å². The Labute approximate surface area is 92.3 Å². The molecule has 0 atom stereocenters. The van der Waals surface area contributed by atoms with E-state index in [0.29, 0.717) is 16.9 Å². The van der Waals surface area contributed by atoms with Gasteiger partial charge in [0.15, 0.2) is 0 Å². The zero-order valence-electron chi connectivity index (χ0n) is 8.71. The molecule has 0 bridgehead atoms. The van der Waals surface area contributed by atoms with E-state index in [0.717, 1.165) is 6.07 Å². The Kier molecular flexibility index (Phi) is 2.86. The molecule has 2 aromatic carbocycles. The maximum atomic E-state index is 13.6. The molecule has 0 aliphatic carbocycles. The molecule has 0 saturated carbocycles. The van der Waals surface area contributed by atoms with Gasteiger partial charge in [-0.2, -0.15) is 0 Å². The molecule has 0 fully saturated rings. The zero-order valence-corrected chi connectivity index (χ0v) is 8.71. The second kappa shape index (κ2) is 4.31. The van der Waals surface area contributed by atoms with Gasteiger partial charge in [-0.25, -0.2) is 8.78 Å². The van der Waals surface area contributed by atoms with E-state index in [1.54, 1.807) is 24.3 Å². The van der Waals surface area contributed by atoms with Gasteiger partial charge < -0.3 is 4.74 Å². The van der Waals surface area contributed by atoms with Crippen molar-refractivity contribution in [3.63, 3.8) is 0 Å². The SMILES string of the molecule is COc1ccccc1-c1ccc(F)cc1F. The molecule has 2 rings (SSSR count). The van der Waals surface area contributed by atoms with Gasteiger partial charge in [-0.15, -0.1) is 0 Å². The highest BCUT2D eigenvalue weighted by molar-refractivity contribution is 5.70. The van der Waals surface area contributed by atoms with Gasteiger partial charge in [-0.3, -0.25) is 0 Å². The van der Waals surface area contributed by atoms with Crippen LogP contribution in [0.15, 0.2) is 42.5 Å². The van der Waals surface area contributed by atoms with E-state index in [2.05, 4.69) is 0 Å². The summed E-state index contributed by atoms with van der Waals surface area (Å²) in [4.78, 5) is 0. The smallest absolute Gasteiger partial charge is 0.134 e. The molecule has 0 radical (unpaired) electrons. The molecule has 0 aromatic heterocycles. The van der Waals surface area contributed by atoms with Gasteiger partial charge >= 0.3 is 0 Å². The molecule has 0 spiro atoms. The van der Waals surface area contributed by atoms with Gasteiger partial charge in [0.25, 0.3) is 0 Å². The van der Waals surface area contributed by atoms with Crippen LogP contribution in [0, 0.1) is 11.6 Å². The summed E-state index contributed by atoms with van der Waals surface area (Å²) in [6, 6.07) is 10.5. The van der Waals surface area contributed by atoms with Crippen molar-refractivity contribution in [3.8, 4) is 16.9 Å². The first-order valence-electron chi connectivity index (χ1n) is 4.81. The van der Waals surface area contributed by atoms with Crippen LogP contribution in [0.5, 0.6) is 5.75 Å². The van der Waals surface area contributed by atoms with Crippen LogP contribution in [0.1, 0.15) is 0 Å². The van der Waals surface area contributed by atoms with Crippen LogP contribution in [-0.4, -0.2) is 7.11 Å². The van der Waals surface area contributed by atoms with Crippen molar-refractivity contribution < 1.29 is 13.5 Å². The van der Waals surface area contributed by atoms with Crippen LogP contribution in [-0.2, 0) is 0 Å². The average Bonchev–Trinajstić information content (AvgIpc) is 2.29. The minimum absolute atomic E-state index is 0.332. The number of para-hydroxylation sites is 1. The van der Waals surface area contributed by atoms with E-state index >= 15 is 0 Å². The minimum atomic E-state index is -0.593. The lowest BCUT2D eigenvalue weighted by atomic mass is 10.0. The fourth-order valence-electron chi connectivity index (χ4n) is 1.58. The maximum absolute atomic E-state index is 13.6. The highest BCUT2D eigenvalue weighted by Gasteiger charge is 2.10. The number of methoxy groups -OCH3 is 1. The summed E-state index contributed by atoms with van der Waals surface area (Å²) in [5.74, 6) is -0.617. The summed E-state index contributed by atoms with van der Waals surface area (Å²) < 4.78 is 31.5. The monoisotopic (exact) mass is 220 g/mol. The van der Waals surface area contributed by atoms with Crippen molar-refractivity contribution in [1.29, 1.82) is 0 Å². The van der Waals surface area contributed by atoms with Crippen LogP contribution in [0.3, 0.4) is 0 Å². The van der Waals surface area contributed by atoms with Crippen LogP contribution >= 0.6 is 0 Å². The molecule has 0 amide bonds. The topological polar surface area (TPSA) is 9.23 Å². The molecule has 1 nitrogen and oxygen atoms in total. The largest absolute Gasteiger partial charge is 0.496 e. The van der Waals surface area contributed by atoms with Gasteiger partial charge in [-0.1, -0.05) is 18.2 Å². The Balaban J connectivity index is 2.58. The average molecular weight is 220 g/mol. The van der Waals surface area contributed by atoms with Crippen molar-refractivity contribution in [2.45, 2.75) is 0 Å². The van der Waals surface area contributed by atoms with Gasteiger partial charge in [0, 0.05) is 17.2 Å². The number of halogens is 2. The first kappa shape index (κ1) is 10.6. The normalized spacial score (nSPS) is 10.2. The summed E-state index contributed by atoms with van der Waals surface area (Å²) in [7, 11) is 1.51. The molecule has 2 aromatic rings. The number of hydrogen-bond acceptors (Lipinski definition) is 1. The number of ether oxygens (including phenoxy) is 1. The molecule has 0 saturated heterocycles. The third kappa shape index (κ3) is 1.89. The Morgan fingerprint density at radius 1 is 0.938 bits per heavy atom. The Morgan fingerprint density at radius 3 is 2.38 bits per heavy atom. The Morgan fingerprint density at radius 2 is 1.69 bits per heavy atom. The third-order valence-corrected chi connectivity index (χ3v) is 2.33. The molecule has 0 aliphatic rings. The molecule has 0 N–H and O–H groups in total. The van der Waals surface area contributed by atoms with Gasteiger partial charge in [0.05, 0.1) is 7.11 Å². The van der Waals surface area contributed by atoms with Crippen LogP contribution < -0.4 is 4.74 Å². The second-order valence-corrected chi connectivity index (χ2v) is 3.32. The zero-order chi connectivity index (χ0) is 11.5. The van der Waals surface area contributed by atoms with E-state index in [4.69, 9.17) is 4.74 Å². The van der Waals surface area contributed by atoms with Gasteiger partial charge in [0.1, 0.15) is 17.4 Å². The fourth-order valence-corrected chi connectivity index (χ4v) is 1.58. The molecule has 0 aliphatic heterocycles. The molecular formula is C13H10F2O. The minimum Gasteiger partial charge on any atom is -0.496 e. The number of hydrogen-bond donors (Lipinski definition) is 0. The maximum Gasteiger partial charge on any atom is 0.134 e. The van der Waals surface area contributed by atoms with Gasteiger partial charge in [-0.05, 0) is 18.2 Å². The molecule has 16 heavy (non-hydrogen) atoms. The lowest BCUT2D eigenvalue weighted by Crippen LogP contribution is -1.90. The van der Waals surface area contributed by atoms with Crippen molar-refractivity contribution in [2.75, 3.05) is 7.11 Å². The number of rotatable bonds is 2. The molecule has 82 valence electrons. The predicted octanol–water partition coefficient (Wildman–Crippen LogP) is 3.64. The quantitative estimate of drug-likeness (QED) is 0.750. The summed E-state index contributed by atoms with van der Waals surface area (Å²) >= 11 is 0. The summed E-state index contributed by atoms with van der Waals surface area (Å²) in [6.07, 6.45) is 0. The highest BCUT2D eigenvalue weighted by atomic mass is 19.1. The van der Waals surface area contributed by atoms with E-state index < -0.39 is 11.6 Å².